The Labute approximate surface area is 170 Å². The molecule has 156 valence electrons. The second-order valence-electron chi connectivity index (χ2n) is 7.50. The van der Waals surface area contributed by atoms with Crippen molar-refractivity contribution >= 4 is 23.3 Å². The molecule has 9 nitrogen and oxygen atoms in total. The number of carbonyl (C=O) groups is 2. The third kappa shape index (κ3) is 4.65. The molecular weight excluding hydrogens is 376 g/mol. The van der Waals surface area contributed by atoms with Crippen molar-refractivity contribution in [3.05, 3.63) is 33.9 Å². The Morgan fingerprint density at radius 2 is 1.86 bits per heavy atom. The van der Waals surface area contributed by atoms with E-state index in [1.807, 2.05) is 0 Å². The first kappa shape index (κ1) is 22.1. The molecule has 1 amide bonds. The summed E-state index contributed by atoms with van der Waals surface area (Å²) < 4.78 is 5.26. The van der Waals surface area contributed by atoms with Crippen LogP contribution in [0.2, 0.25) is 0 Å². The predicted octanol–water partition coefficient (Wildman–Crippen LogP) is 2.89. The highest BCUT2D eigenvalue weighted by molar-refractivity contribution is 5.94. The molecule has 0 unspecified atom stereocenters. The van der Waals surface area contributed by atoms with Crippen molar-refractivity contribution in [1.82, 2.24) is 4.90 Å². The van der Waals surface area contributed by atoms with Crippen LogP contribution in [-0.4, -0.2) is 54.5 Å². The normalized spacial score (nSPS) is 16.2. The van der Waals surface area contributed by atoms with Gasteiger partial charge in [-0.3, -0.25) is 14.9 Å². The maximum absolute atomic E-state index is 12.8. The van der Waals surface area contributed by atoms with Gasteiger partial charge in [-0.05, 0) is 31.9 Å². The average molecular weight is 402 g/mol. The Morgan fingerprint density at radius 1 is 1.24 bits per heavy atom. The fourth-order valence-corrected chi connectivity index (χ4v) is 3.60. The summed E-state index contributed by atoms with van der Waals surface area (Å²) in [5, 5.41) is 20.9. The van der Waals surface area contributed by atoms with Gasteiger partial charge in [-0.25, -0.2) is 4.79 Å². The first-order valence-corrected chi connectivity index (χ1v) is 9.48. The summed E-state index contributed by atoms with van der Waals surface area (Å²) in [5.41, 5.74) is -0.783. The first-order chi connectivity index (χ1) is 13.6. The quantitative estimate of drug-likeness (QED) is 0.408. The van der Waals surface area contributed by atoms with Gasteiger partial charge in [-0.2, -0.15) is 5.26 Å². The molecule has 0 aromatic heterocycles. The molecule has 9 heteroatoms. The molecular formula is C20H26N4O5. The molecule has 29 heavy (non-hydrogen) atoms. The Bertz CT molecular complexity index is 840. The van der Waals surface area contributed by atoms with E-state index in [0.29, 0.717) is 18.5 Å². The Hall–Kier alpha value is -3.15. The van der Waals surface area contributed by atoms with E-state index in [4.69, 9.17) is 4.74 Å². The van der Waals surface area contributed by atoms with Gasteiger partial charge in [0.25, 0.3) is 11.6 Å². The van der Waals surface area contributed by atoms with Crippen molar-refractivity contribution in [3.63, 3.8) is 0 Å². The molecule has 1 saturated carbocycles. The fourth-order valence-electron chi connectivity index (χ4n) is 3.60. The molecule has 1 atom stereocenters. The number of nitrogens with zero attached hydrogens (tertiary/aromatic N) is 4. The zero-order chi connectivity index (χ0) is 21.8. The summed E-state index contributed by atoms with van der Waals surface area (Å²) in [6, 6.07) is 6.27. The standard InChI is InChI=1S/C20H26N4O5/c1-14(18(25)23(4)20(13-21)10-6-5-7-11-20)29-19(26)15-8-9-16(22(2)3)17(12-15)24(27)28/h8-9,12,14H,5-7,10-11H2,1-4H3/t14-/m0/s1. The van der Waals surface area contributed by atoms with Crippen molar-refractivity contribution < 1.29 is 19.2 Å². The number of hydrogen-bond donors (Lipinski definition) is 0. The predicted molar refractivity (Wildman–Crippen MR) is 106 cm³/mol. The minimum atomic E-state index is -1.12. The Balaban J connectivity index is 2.16. The zero-order valence-corrected chi connectivity index (χ0v) is 17.2. The fraction of sp³-hybridized carbons (Fsp3) is 0.550. The molecule has 0 radical (unpaired) electrons. The van der Waals surface area contributed by atoms with E-state index in [9.17, 15) is 25.0 Å². The number of likely N-dealkylation sites (N-methyl/N-ethyl adjacent to an activating group) is 1. The third-order valence-electron chi connectivity index (χ3n) is 5.38. The molecule has 0 saturated heterocycles. The number of carbonyl (C=O) groups excluding carboxylic acids is 2. The van der Waals surface area contributed by atoms with Crippen LogP contribution in [0.1, 0.15) is 49.4 Å². The number of benzene rings is 1. The van der Waals surface area contributed by atoms with Gasteiger partial charge < -0.3 is 14.5 Å². The average Bonchev–Trinajstić information content (AvgIpc) is 2.72. The van der Waals surface area contributed by atoms with Crippen LogP contribution in [0, 0.1) is 21.4 Å². The van der Waals surface area contributed by atoms with Crippen LogP contribution >= 0.6 is 0 Å². The third-order valence-corrected chi connectivity index (χ3v) is 5.38. The van der Waals surface area contributed by atoms with E-state index < -0.39 is 28.4 Å². The first-order valence-electron chi connectivity index (χ1n) is 9.48. The number of amides is 1. The molecule has 0 bridgehead atoms. The molecule has 0 heterocycles. The largest absolute Gasteiger partial charge is 0.449 e. The van der Waals surface area contributed by atoms with Gasteiger partial charge >= 0.3 is 5.97 Å². The monoisotopic (exact) mass is 402 g/mol. The van der Waals surface area contributed by atoms with Crippen LogP contribution in [0.3, 0.4) is 0 Å². The number of hydrogen-bond acceptors (Lipinski definition) is 7. The topological polar surface area (TPSA) is 117 Å². The Kier molecular flexibility index (Phi) is 6.80. The lowest BCUT2D eigenvalue weighted by Gasteiger charge is -2.39. The number of ether oxygens (including phenoxy) is 1. The summed E-state index contributed by atoms with van der Waals surface area (Å²) in [7, 11) is 4.87. The van der Waals surface area contributed by atoms with E-state index in [-0.39, 0.29) is 11.3 Å². The maximum Gasteiger partial charge on any atom is 0.339 e. The molecule has 1 aromatic rings. The highest BCUT2D eigenvalue weighted by Crippen LogP contribution is 2.33. The number of nitro groups is 1. The molecule has 0 spiro atoms. The smallest absolute Gasteiger partial charge is 0.339 e. The van der Waals surface area contributed by atoms with Gasteiger partial charge in [0.05, 0.1) is 16.6 Å². The number of nitro benzene ring substituents is 1. The van der Waals surface area contributed by atoms with Crippen LogP contribution in [0.4, 0.5) is 11.4 Å². The van der Waals surface area contributed by atoms with Gasteiger partial charge in [0.15, 0.2) is 6.10 Å². The van der Waals surface area contributed by atoms with Crippen molar-refractivity contribution in [1.29, 1.82) is 5.26 Å². The molecule has 1 aliphatic carbocycles. The van der Waals surface area contributed by atoms with Crippen molar-refractivity contribution in [2.75, 3.05) is 26.0 Å². The second kappa shape index (κ2) is 8.90. The van der Waals surface area contributed by atoms with Gasteiger partial charge in [0.2, 0.25) is 0 Å². The van der Waals surface area contributed by atoms with E-state index in [1.165, 1.54) is 24.0 Å². The minimum absolute atomic E-state index is 0.0164. The van der Waals surface area contributed by atoms with E-state index >= 15 is 0 Å². The number of esters is 1. The molecule has 0 N–H and O–H groups in total. The van der Waals surface area contributed by atoms with Crippen LogP contribution in [0.25, 0.3) is 0 Å². The van der Waals surface area contributed by atoms with Crippen LogP contribution < -0.4 is 4.90 Å². The lowest BCUT2D eigenvalue weighted by atomic mass is 9.81. The van der Waals surface area contributed by atoms with Crippen LogP contribution in [0.5, 0.6) is 0 Å². The number of anilines is 1. The summed E-state index contributed by atoms with van der Waals surface area (Å²) in [6.45, 7) is 1.44. The summed E-state index contributed by atoms with van der Waals surface area (Å²) >= 11 is 0. The summed E-state index contributed by atoms with van der Waals surface area (Å²) in [6.07, 6.45) is 2.81. The Morgan fingerprint density at radius 3 is 2.38 bits per heavy atom. The number of rotatable bonds is 6. The SMILES string of the molecule is C[C@H](OC(=O)c1ccc(N(C)C)c([N+](=O)[O-])c1)C(=O)N(C)C1(C#N)CCCCC1. The van der Waals surface area contributed by atoms with Crippen molar-refractivity contribution in [2.24, 2.45) is 0 Å². The zero-order valence-electron chi connectivity index (χ0n) is 17.2. The maximum atomic E-state index is 12.8. The highest BCUT2D eigenvalue weighted by atomic mass is 16.6. The van der Waals surface area contributed by atoms with Gasteiger partial charge in [0, 0.05) is 27.2 Å². The van der Waals surface area contributed by atoms with E-state index in [2.05, 4.69) is 6.07 Å². The molecule has 1 fully saturated rings. The second-order valence-corrected chi connectivity index (χ2v) is 7.50. The molecule has 2 rings (SSSR count). The molecule has 1 aromatic carbocycles. The minimum Gasteiger partial charge on any atom is -0.449 e. The van der Waals surface area contributed by atoms with E-state index in [0.717, 1.165) is 25.3 Å². The van der Waals surface area contributed by atoms with Gasteiger partial charge in [-0.1, -0.05) is 19.3 Å². The highest BCUT2D eigenvalue weighted by Gasteiger charge is 2.40. The van der Waals surface area contributed by atoms with Gasteiger partial charge in [-0.15, -0.1) is 0 Å². The molecule has 0 aliphatic heterocycles. The lowest BCUT2D eigenvalue weighted by Crippen LogP contribution is -2.53. The molecule has 1 aliphatic rings. The summed E-state index contributed by atoms with van der Waals surface area (Å²) in [4.78, 5) is 38.9. The van der Waals surface area contributed by atoms with Crippen LogP contribution in [0.15, 0.2) is 18.2 Å². The summed E-state index contributed by atoms with van der Waals surface area (Å²) in [5.74, 6) is -1.30. The van der Waals surface area contributed by atoms with Crippen molar-refractivity contribution in [2.45, 2.75) is 50.7 Å². The lowest BCUT2D eigenvalue weighted by molar-refractivity contribution is -0.384. The van der Waals surface area contributed by atoms with Crippen molar-refractivity contribution in [3.8, 4) is 6.07 Å². The van der Waals surface area contributed by atoms with E-state index in [1.54, 1.807) is 26.0 Å². The number of nitriles is 1. The van der Waals surface area contributed by atoms with Crippen LogP contribution in [-0.2, 0) is 9.53 Å². The van der Waals surface area contributed by atoms with Gasteiger partial charge in [0.1, 0.15) is 11.2 Å².